The van der Waals surface area contributed by atoms with E-state index in [-0.39, 0.29) is 40.5 Å². The van der Waals surface area contributed by atoms with Gasteiger partial charge in [0.1, 0.15) is 11.6 Å². The first-order valence-electron chi connectivity index (χ1n) is 15.1. The minimum Gasteiger partial charge on any atom is -0.494 e. The van der Waals surface area contributed by atoms with Crippen LogP contribution < -0.4 is 10.3 Å². The molecule has 6 nitrogen and oxygen atoms in total. The molecule has 0 aliphatic carbocycles. The summed E-state index contributed by atoms with van der Waals surface area (Å²) in [6.45, 7) is 8.57. The van der Waals surface area contributed by atoms with Crippen molar-refractivity contribution >= 4 is 11.8 Å². The molecule has 2 aromatic carbocycles. The molecule has 10 heteroatoms. The van der Waals surface area contributed by atoms with Crippen molar-refractivity contribution in [3.8, 4) is 16.9 Å². The van der Waals surface area contributed by atoms with Gasteiger partial charge in [-0.1, -0.05) is 18.2 Å². The van der Waals surface area contributed by atoms with E-state index < -0.39 is 17.5 Å². The number of aromatic nitrogens is 1. The normalized spacial score (nSPS) is 20.5. The summed E-state index contributed by atoms with van der Waals surface area (Å²) < 4.78 is 52.3. The third-order valence-electron chi connectivity index (χ3n) is 9.46. The molecule has 2 saturated heterocycles. The Kier molecular flexibility index (Phi) is 8.91. The number of benzene rings is 2. The van der Waals surface area contributed by atoms with Crippen LogP contribution in [0.1, 0.15) is 35.6 Å². The fraction of sp³-hybridized carbons (Fsp3) is 0.485. The highest BCUT2D eigenvalue weighted by Crippen LogP contribution is 2.41. The van der Waals surface area contributed by atoms with E-state index in [1.165, 1.54) is 44.2 Å². The number of piperidine rings is 1. The summed E-state index contributed by atoms with van der Waals surface area (Å²) >= 11 is 1.55. The molecular formula is C33H39F3N4O2S. The number of hydrogen-bond donors (Lipinski definition) is 0. The van der Waals surface area contributed by atoms with Crippen molar-refractivity contribution < 1.29 is 17.9 Å². The Hall–Kier alpha value is -2.79. The summed E-state index contributed by atoms with van der Waals surface area (Å²) in [5, 5.41) is 0.715. The number of methoxy groups -OCH3 is 1. The number of rotatable bonds is 7. The number of fused-ring (bicyclic) bond motifs is 1. The molecule has 3 aliphatic rings. The van der Waals surface area contributed by atoms with Crippen molar-refractivity contribution in [2.75, 3.05) is 65.7 Å². The number of hydrogen-bond acceptors (Lipinski definition) is 6. The topological polar surface area (TPSA) is 41.0 Å². The van der Waals surface area contributed by atoms with Gasteiger partial charge in [-0.25, -0.2) is 13.2 Å². The molecule has 6 rings (SSSR count). The van der Waals surface area contributed by atoms with Crippen LogP contribution >= 0.6 is 11.8 Å². The van der Waals surface area contributed by atoms with Gasteiger partial charge in [0.25, 0.3) is 5.56 Å². The summed E-state index contributed by atoms with van der Waals surface area (Å²) in [7, 11) is 3.57. The molecule has 0 amide bonds. The number of likely N-dealkylation sites (tertiary alicyclic amines) is 1. The predicted octanol–water partition coefficient (Wildman–Crippen LogP) is 5.20. The van der Waals surface area contributed by atoms with Gasteiger partial charge in [-0.15, -0.1) is 11.8 Å². The highest BCUT2D eigenvalue weighted by Gasteiger charge is 2.34. The van der Waals surface area contributed by atoms with E-state index in [2.05, 4.69) is 21.7 Å². The lowest BCUT2D eigenvalue weighted by molar-refractivity contribution is 0.0600. The third-order valence-corrected chi connectivity index (χ3v) is 10.7. The second-order valence-electron chi connectivity index (χ2n) is 12.0. The molecule has 0 radical (unpaired) electrons. The van der Waals surface area contributed by atoms with Crippen LogP contribution in [-0.4, -0.2) is 91.0 Å². The maximum absolute atomic E-state index is 15.6. The van der Waals surface area contributed by atoms with E-state index in [1.807, 2.05) is 0 Å². The molecule has 3 aliphatic heterocycles. The molecular weight excluding hydrogens is 573 g/mol. The average molecular weight is 613 g/mol. The fourth-order valence-electron chi connectivity index (χ4n) is 6.94. The monoisotopic (exact) mass is 612 g/mol. The lowest BCUT2D eigenvalue weighted by Gasteiger charge is -2.42. The Morgan fingerprint density at radius 3 is 2.28 bits per heavy atom. The summed E-state index contributed by atoms with van der Waals surface area (Å²) in [5.41, 5.74) is 1.20. The maximum Gasteiger partial charge on any atom is 0.260 e. The van der Waals surface area contributed by atoms with Crippen LogP contribution in [0.2, 0.25) is 0 Å². The van der Waals surface area contributed by atoms with Crippen molar-refractivity contribution in [3.63, 3.8) is 0 Å². The van der Waals surface area contributed by atoms with E-state index in [0.29, 0.717) is 34.5 Å². The highest BCUT2D eigenvalue weighted by molar-refractivity contribution is 7.99. The number of ether oxygens (including phenoxy) is 1. The summed E-state index contributed by atoms with van der Waals surface area (Å²) in [6.07, 6.45) is 2.37. The molecule has 0 bridgehead atoms. The number of halogens is 3. The largest absolute Gasteiger partial charge is 0.494 e. The van der Waals surface area contributed by atoms with Crippen molar-refractivity contribution in [2.24, 2.45) is 0 Å². The zero-order valence-corrected chi connectivity index (χ0v) is 25.9. The standard InChI is InChI=1S/C33H39F3N4O2S/c1-21-25(18-26-27(34)7-5-8-28(26)35)33-40(32(41)30(21)24-6-4-9-29(42-3)31(24)36)23(20-43-33)19-38-14-16-39(17-15-38)22-10-12-37(2)13-11-22/h4-9,22-23H,10-20H2,1-3H3. The predicted molar refractivity (Wildman–Crippen MR) is 165 cm³/mol. The summed E-state index contributed by atoms with van der Waals surface area (Å²) in [6, 6.07) is 9.06. The molecule has 2 fully saturated rings. The smallest absolute Gasteiger partial charge is 0.260 e. The minimum absolute atomic E-state index is 0.0342. The average Bonchev–Trinajstić information content (AvgIpc) is 3.42. The maximum atomic E-state index is 15.6. The molecule has 0 N–H and O–H groups in total. The van der Waals surface area contributed by atoms with Gasteiger partial charge in [-0.2, -0.15) is 0 Å². The zero-order chi connectivity index (χ0) is 30.2. The van der Waals surface area contributed by atoms with Crippen molar-refractivity contribution in [2.45, 2.75) is 43.3 Å². The SMILES string of the molecule is COc1cccc(-c2c(C)c(Cc3c(F)cccc3F)c3n(c2=O)C(CN2CCN(C4CCN(C)CC4)CC2)CS3)c1F. The van der Waals surface area contributed by atoms with E-state index in [4.69, 9.17) is 4.74 Å². The lowest BCUT2D eigenvalue weighted by Crippen LogP contribution is -2.53. The van der Waals surface area contributed by atoms with Crippen LogP contribution in [-0.2, 0) is 6.42 Å². The van der Waals surface area contributed by atoms with Gasteiger partial charge < -0.3 is 9.64 Å². The first-order chi connectivity index (χ1) is 20.8. The molecule has 230 valence electrons. The van der Waals surface area contributed by atoms with Crippen molar-refractivity contribution in [3.05, 3.63) is 80.9 Å². The Morgan fingerprint density at radius 1 is 0.930 bits per heavy atom. The van der Waals surface area contributed by atoms with E-state index in [9.17, 15) is 13.6 Å². The van der Waals surface area contributed by atoms with Gasteiger partial charge >= 0.3 is 0 Å². The number of nitrogens with zero attached hydrogens (tertiary/aromatic N) is 4. The van der Waals surface area contributed by atoms with Crippen molar-refractivity contribution in [1.29, 1.82) is 0 Å². The fourth-order valence-corrected chi connectivity index (χ4v) is 8.31. The van der Waals surface area contributed by atoms with E-state index >= 15 is 4.39 Å². The molecule has 3 aromatic rings. The van der Waals surface area contributed by atoms with Gasteiger partial charge in [-0.05, 0) is 69.2 Å². The highest BCUT2D eigenvalue weighted by atomic mass is 32.2. The quantitative estimate of drug-likeness (QED) is 0.366. The molecule has 0 spiro atoms. The first kappa shape index (κ1) is 30.2. The Bertz CT molecular complexity index is 1530. The minimum atomic E-state index is -0.638. The molecule has 0 saturated carbocycles. The number of pyridine rings is 1. The van der Waals surface area contributed by atoms with Gasteiger partial charge in [0, 0.05) is 62.1 Å². The lowest BCUT2D eigenvalue weighted by atomic mass is 9.94. The Balaban J connectivity index is 1.34. The Morgan fingerprint density at radius 2 is 1.60 bits per heavy atom. The third kappa shape index (κ3) is 5.87. The molecule has 43 heavy (non-hydrogen) atoms. The summed E-state index contributed by atoms with van der Waals surface area (Å²) in [4.78, 5) is 21.7. The van der Waals surface area contributed by atoms with E-state index in [1.54, 1.807) is 35.4 Å². The number of thioether (sulfide) groups is 1. The van der Waals surface area contributed by atoms with Gasteiger partial charge in [0.15, 0.2) is 11.6 Å². The van der Waals surface area contributed by atoms with Crippen molar-refractivity contribution in [1.82, 2.24) is 19.3 Å². The molecule has 1 atom stereocenters. The van der Waals surface area contributed by atoms with Gasteiger partial charge in [-0.3, -0.25) is 19.2 Å². The Labute approximate surface area is 255 Å². The van der Waals surface area contributed by atoms with Crippen LogP contribution in [0.3, 0.4) is 0 Å². The van der Waals surface area contributed by atoms with Crippen LogP contribution in [0.15, 0.2) is 46.2 Å². The second kappa shape index (κ2) is 12.7. The van der Waals surface area contributed by atoms with Crippen LogP contribution in [0.25, 0.3) is 11.1 Å². The second-order valence-corrected chi connectivity index (χ2v) is 13.0. The first-order valence-corrected chi connectivity index (χ1v) is 16.1. The van der Waals surface area contributed by atoms with Gasteiger partial charge in [0.05, 0.1) is 23.7 Å². The number of piperazine rings is 1. The summed E-state index contributed by atoms with van der Waals surface area (Å²) in [5.74, 6) is -1.19. The van der Waals surface area contributed by atoms with Crippen LogP contribution in [0.5, 0.6) is 5.75 Å². The van der Waals surface area contributed by atoms with E-state index in [0.717, 1.165) is 39.3 Å². The zero-order valence-electron chi connectivity index (χ0n) is 25.0. The van der Waals surface area contributed by atoms with Crippen LogP contribution in [0.4, 0.5) is 13.2 Å². The molecule has 1 unspecified atom stereocenters. The van der Waals surface area contributed by atoms with Gasteiger partial charge in [0.2, 0.25) is 0 Å². The molecule has 1 aromatic heterocycles. The molecule has 4 heterocycles. The van der Waals surface area contributed by atoms with Crippen LogP contribution in [0, 0.1) is 24.4 Å².